The van der Waals surface area contributed by atoms with Gasteiger partial charge in [-0.05, 0) is 39.4 Å². The Morgan fingerprint density at radius 1 is 1.25 bits per heavy atom. The number of morpholine rings is 1. The zero-order valence-corrected chi connectivity index (χ0v) is 17.1. The Hall–Kier alpha value is -1.48. The van der Waals surface area contributed by atoms with Crippen LogP contribution < -0.4 is 0 Å². The van der Waals surface area contributed by atoms with Crippen LogP contribution in [0, 0.1) is 5.41 Å². The molecule has 0 aromatic carbocycles. The average Bonchev–Trinajstić information content (AvgIpc) is 3.43. The lowest BCUT2D eigenvalue weighted by molar-refractivity contribution is -0.155. The third kappa shape index (κ3) is 3.96. The highest BCUT2D eigenvalue weighted by atomic mass is 16.5. The molecular formula is C20H33N5O3. The maximum Gasteiger partial charge on any atom is 0.231 e. The van der Waals surface area contributed by atoms with Crippen molar-refractivity contribution < 1.29 is 14.6 Å². The van der Waals surface area contributed by atoms with Crippen molar-refractivity contribution in [3.63, 3.8) is 0 Å². The van der Waals surface area contributed by atoms with E-state index in [9.17, 15) is 9.90 Å². The molecule has 1 saturated carbocycles. The van der Waals surface area contributed by atoms with E-state index in [1.165, 1.54) is 0 Å². The predicted octanol–water partition coefficient (Wildman–Crippen LogP) is 0.0986. The summed E-state index contributed by atoms with van der Waals surface area (Å²) >= 11 is 0. The number of nitrogens with zero attached hydrogens (tertiary/aromatic N) is 5. The van der Waals surface area contributed by atoms with Crippen LogP contribution in [0.25, 0.3) is 0 Å². The van der Waals surface area contributed by atoms with E-state index in [-0.39, 0.29) is 24.7 Å². The normalized spacial score (nSPS) is 28.9. The van der Waals surface area contributed by atoms with Crippen LogP contribution in [0.3, 0.4) is 0 Å². The van der Waals surface area contributed by atoms with E-state index in [0.29, 0.717) is 13.2 Å². The van der Waals surface area contributed by atoms with Gasteiger partial charge >= 0.3 is 0 Å². The maximum atomic E-state index is 13.3. The van der Waals surface area contributed by atoms with Crippen molar-refractivity contribution >= 4 is 5.91 Å². The quantitative estimate of drug-likeness (QED) is 0.767. The van der Waals surface area contributed by atoms with Crippen molar-refractivity contribution in [1.82, 2.24) is 24.5 Å². The van der Waals surface area contributed by atoms with Crippen molar-refractivity contribution in [2.75, 3.05) is 59.5 Å². The molecule has 8 heteroatoms. The Morgan fingerprint density at radius 3 is 2.75 bits per heavy atom. The Balaban J connectivity index is 1.56. The summed E-state index contributed by atoms with van der Waals surface area (Å²) in [6.45, 7) is 6.11. The van der Waals surface area contributed by atoms with Gasteiger partial charge in [-0.25, -0.2) is 0 Å². The smallest absolute Gasteiger partial charge is 0.231 e. The number of ether oxygens (including phenoxy) is 1. The van der Waals surface area contributed by atoms with Crippen molar-refractivity contribution in [3.05, 3.63) is 18.0 Å². The minimum Gasteiger partial charge on any atom is -0.395 e. The van der Waals surface area contributed by atoms with Crippen LogP contribution in [-0.4, -0.2) is 101 Å². The second kappa shape index (κ2) is 8.10. The van der Waals surface area contributed by atoms with Crippen molar-refractivity contribution in [3.8, 4) is 0 Å². The standard InChI is InChI=1S/C20H33N5O3/c1-22-6-3-7-24(9-8-22)14-17-18(16-12-21-23(2)13-16)25(10-11-28-17)19(27)20(15-26)4-5-20/h12-13,17-18,26H,3-11,14-15H2,1-2H3/t17-,18-/m0/s1. The minimum atomic E-state index is -0.562. The highest BCUT2D eigenvalue weighted by Crippen LogP contribution is 2.48. The van der Waals surface area contributed by atoms with Gasteiger partial charge in [0.2, 0.25) is 5.91 Å². The molecule has 3 fully saturated rings. The summed E-state index contributed by atoms with van der Waals surface area (Å²) in [6, 6.07) is -0.153. The molecule has 0 radical (unpaired) electrons. The number of likely N-dealkylation sites (N-methyl/N-ethyl adjacent to an activating group) is 1. The molecule has 2 aliphatic heterocycles. The molecular weight excluding hydrogens is 358 g/mol. The van der Waals surface area contributed by atoms with Gasteiger partial charge in [0.1, 0.15) is 0 Å². The number of aliphatic hydroxyl groups is 1. The lowest BCUT2D eigenvalue weighted by Crippen LogP contribution is -2.54. The van der Waals surface area contributed by atoms with Gasteiger partial charge < -0.3 is 19.6 Å². The summed E-state index contributed by atoms with van der Waals surface area (Å²) in [5, 5.41) is 14.1. The SMILES string of the molecule is CN1CCCN(C[C@@H]2OCCN(C(=O)C3(CO)CC3)[C@H]2c2cnn(C)c2)CC1. The first kappa shape index (κ1) is 19.8. The molecule has 1 aromatic heterocycles. The monoisotopic (exact) mass is 391 g/mol. The van der Waals surface area contributed by atoms with Crippen LogP contribution in [0.2, 0.25) is 0 Å². The van der Waals surface area contributed by atoms with E-state index >= 15 is 0 Å². The number of amides is 1. The molecule has 1 amide bonds. The van der Waals surface area contributed by atoms with Crippen LogP contribution >= 0.6 is 0 Å². The second-order valence-electron chi connectivity index (χ2n) is 8.70. The molecule has 1 aliphatic carbocycles. The molecule has 2 saturated heterocycles. The molecule has 4 rings (SSSR count). The molecule has 2 atom stereocenters. The maximum absolute atomic E-state index is 13.3. The number of aliphatic hydroxyl groups excluding tert-OH is 1. The van der Waals surface area contributed by atoms with Crippen LogP contribution in [0.1, 0.15) is 30.9 Å². The Kier molecular flexibility index (Phi) is 5.73. The molecule has 8 nitrogen and oxygen atoms in total. The summed E-state index contributed by atoms with van der Waals surface area (Å²) < 4.78 is 8.00. The van der Waals surface area contributed by atoms with Gasteiger partial charge in [0, 0.05) is 45.0 Å². The van der Waals surface area contributed by atoms with E-state index in [4.69, 9.17) is 4.74 Å². The van der Waals surface area contributed by atoms with E-state index in [2.05, 4.69) is 21.9 Å². The van der Waals surface area contributed by atoms with Crippen molar-refractivity contribution in [2.24, 2.45) is 12.5 Å². The fourth-order valence-electron chi connectivity index (χ4n) is 4.53. The fourth-order valence-corrected chi connectivity index (χ4v) is 4.53. The summed E-state index contributed by atoms with van der Waals surface area (Å²) in [6.07, 6.45) is 6.46. The number of rotatable bonds is 5. The molecule has 156 valence electrons. The average molecular weight is 392 g/mol. The van der Waals surface area contributed by atoms with E-state index in [1.54, 1.807) is 4.68 Å². The zero-order valence-electron chi connectivity index (χ0n) is 17.1. The van der Waals surface area contributed by atoms with Gasteiger partial charge in [0.05, 0.1) is 37.0 Å². The largest absolute Gasteiger partial charge is 0.395 e. The van der Waals surface area contributed by atoms with Gasteiger partial charge in [0.15, 0.2) is 0 Å². The second-order valence-corrected chi connectivity index (χ2v) is 8.70. The lowest BCUT2D eigenvalue weighted by atomic mass is 9.97. The number of carbonyl (C=O) groups is 1. The molecule has 3 aliphatic rings. The number of aryl methyl sites for hydroxylation is 1. The number of hydrogen-bond donors (Lipinski definition) is 1. The first-order valence-corrected chi connectivity index (χ1v) is 10.5. The molecule has 3 heterocycles. The fraction of sp³-hybridized carbons (Fsp3) is 0.800. The van der Waals surface area contributed by atoms with Gasteiger partial charge in [-0.2, -0.15) is 5.10 Å². The first-order valence-electron chi connectivity index (χ1n) is 10.5. The number of hydrogen-bond acceptors (Lipinski definition) is 6. The lowest BCUT2D eigenvalue weighted by Gasteiger charge is -2.43. The zero-order chi connectivity index (χ0) is 19.7. The number of carbonyl (C=O) groups excluding carboxylic acids is 1. The molecule has 28 heavy (non-hydrogen) atoms. The topological polar surface area (TPSA) is 74.1 Å². The Labute approximate surface area is 167 Å². The van der Waals surface area contributed by atoms with Crippen molar-refractivity contribution in [2.45, 2.75) is 31.4 Å². The van der Waals surface area contributed by atoms with Crippen LogP contribution in [-0.2, 0) is 16.6 Å². The van der Waals surface area contributed by atoms with Gasteiger partial charge in [-0.3, -0.25) is 14.4 Å². The van der Waals surface area contributed by atoms with Crippen molar-refractivity contribution in [1.29, 1.82) is 0 Å². The Bertz CT molecular complexity index is 689. The highest BCUT2D eigenvalue weighted by Gasteiger charge is 2.53. The molecule has 1 aromatic rings. The first-order chi connectivity index (χ1) is 13.5. The predicted molar refractivity (Wildman–Crippen MR) is 105 cm³/mol. The third-order valence-electron chi connectivity index (χ3n) is 6.54. The molecule has 0 unspecified atom stereocenters. The van der Waals surface area contributed by atoms with E-state index in [0.717, 1.165) is 57.5 Å². The van der Waals surface area contributed by atoms with E-state index in [1.807, 2.05) is 24.3 Å². The summed E-state index contributed by atoms with van der Waals surface area (Å²) in [7, 11) is 4.07. The van der Waals surface area contributed by atoms with Gasteiger partial charge in [-0.1, -0.05) is 0 Å². The number of aromatic nitrogens is 2. The minimum absolute atomic E-state index is 0.0634. The molecule has 1 N–H and O–H groups in total. The summed E-state index contributed by atoms with van der Waals surface area (Å²) in [5.41, 5.74) is 0.453. The molecule has 0 bridgehead atoms. The van der Waals surface area contributed by atoms with Crippen LogP contribution in [0.5, 0.6) is 0 Å². The van der Waals surface area contributed by atoms with Crippen LogP contribution in [0.4, 0.5) is 0 Å². The van der Waals surface area contributed by atoms with E-state index < -0.39 is 5.41 Å². The third-order valence-corrected chi connectivity index (χ3v) is 6.54. The van der Waals surface area contributed by atoms with Gasteiger partial charge in [0.25, 0.3) is 0 Å². The summed E-state index contributed by atoms with van der Waals surface area (Å²) in [4.78, 5) is 20.1. The Morgan fingerprint density at radius 2 is 2.07 bits per heavy atom. The van der Waals surface area contributed by atoms with Gasteiger partial charge in [-0.15, -0.1) is 0 Å². The van der Waals surface area contributed by atoms with Crippen LogP contribution in [0.15, 0.2) is 12.4 Å². The summed E-state index contributed by atoms with van der Waals surface area (Å²) in [5.74, 6) is 0.0766. The highest BCUT2D eigenvalue weighted by molar-refractivity contribution is 5.86. The molecule has 0 spiro atoms.